The minimum Gasteiger partial charge on any atom is -0.481 e. The number of carbonyl (C=O) groups is 2. The van der Waals surface area contributed by atoms with Crippen LogP contribution in [0.5, 0.6) is 5.75 Å². The molecular weight excluding hydrogens is 282 g/mol. The number of aryl methyl sites for hydroxylation is 1. The first-order chi connectivity index (χ1) is 10.5. The number of amides is 1. The largest absolute Gasteiger partial charge is 0.481 e. The maximum atomic E-state index is 12.6. The van der Waals surface area contributed by atoms with Gasteiger partial charge in [-0.05, 0) is 45.2 Å². The Morgan fingerprint density at radius 2 is 1.91 bits per heavy atom. The van der Waals surface area contributed by atoms with Gasteiger partial charge in [0.15, 0.2) is 6.10 Å². The van der Waals surface area contributed by atoms with Crippen LogP contribution in [0.4, 0.5) is 0 Å². The predicted octanol–water partition coefficient (Wildman–Crippen LogP) is 2.32. The first-order valence-corrected chi connectivity index (χ1v) is 7.64. The molecule has 5 nitrogen and oxygen atoms in total. The highest BCUT2D eigenvalue weighted by molar-refractivity contribution is 5.87. The van der Waals surface area contributed by atoms with E-state index in [2.05, 4.69) is 0 Å². The zero-order valence-corrected chi connectivity index (χ0v) is 13.4. The molecule has 1 amide bonds. The van der Waals surface area contributed by atoms with Crippen LogP contribution >= 0.6 is 0 Å². The maximum absolute atomic E-state index is 12.6. The van der Waals surface area contributed by atoms with Crippen molar-refractivity contribution in [2.45, 2.75) is 45.3 Å². The molecule has 120 valence electrons. The van der Waals surface area contributed by atoms with Crippen molar-refractivity contribution >= 4 is 11.9 Å². The van der Waals surface area contributed by atoms with Crippen molar-refractivity contribution in [2.75, 3.05) is 13.7 Å². The lowest BCUT2D eigenvalue weighted by molar-refractivity contribution is -0.157. The molecule has 0 saturated carbocycles. The number of esters is 1. The lowest BCUT2D eigenvalue weighted by atomic mass is 10.0. The summed E-state index contributed by atoms with van der Waals surface area (Å²) in [5, 5.41) is 0. The zero-order chi connectivity index (χ0) is 16.1. The second-order valence-corrected chi connectivity index (χ2v) is 5.64. The molecule has 22 heavy (non-hydrogen) atoms. The van der Waals surface area contributed by atoms with Crippen LogP contribution in [0.2, 0.25) is 0 Å². The highest BCUT2D eigenvalue weighted by Crippen LogP contribution is 2.21. The fourth-order valence-electron chi connectivity index (χ4n) is 2.68. The number of likely N-dealkylation sites (tertiary alicyclic amines) is 1. The van der Waals surface area contributed by atoms with Crippen LogP contribution < -0.4 is 4.74 Å². The molecule has 1 aromatic carbocycles. The van der Waals surface area contributed by atoms with E-state index in [1.165, 1.54) is 7.11 Å². The lowest BCUT2D eigenvalue weighted by Crippen LogP contribution is -2.52. The van der Waals surface area contributed by atoms with Crippen LogP contribution in [0.3, 0.4) is 0 Å². The Morgan fingerprint density at radius 3 is 2.55 bits per heavy atom. The third-order valence-electron chi connectivity index (χ3n) is 3.94. The molecule has 1 fully saturated rings. The Kier molecular flexibility index (Phi) is 5.41. The molecular formula is C17H23NO4. The summed E-state index contributed by atoms with van der Waals surface area (Å²) in [5.74, 6) is 0.129. The normalized spacial score (nSPS) is 19.4. The molecule has 2 atom stereocenters. The summed E-state index contributed by atoms with van der Waals surface area (Å²) in [6.07, 6.45) is 1.84. The third-order valence-corrected chi connectivity index (χ3v) is 3.94. The van der Waals surface area contributed by atoms with Gasteiger partial charge in [0.05, 0.1) is 7.11 Å². The van der Waals surface area contributed by atoms with Crippen molar-refractivity contribution in [2.24, 2.45) is 0 Å². The molecule has 5 heteroatoms. The zero-order valence-electron chi connectivity index (χ0n) is 13.4. The number of ether oxygens (including phenoxy) is 2. The van der Waals surface area contributed by atoms with Gasteiger partial charge in [0.1, 0.15) is 11.8 Å². The first-order valence-electron chi connectivity index (χ1n) is 7.64. The third kappa shape index (κ3) is 3.78. The summed E-state index contributed by atoms with van der Waals surface area (Å²) >= 11 is 0. The van der Waals surface area contributed by atoms with Crippen molar-refractivity contribution in [3.8, 4) is 5.75 Å². The molecule has 0 aliphatic carbocycles. The monoisotopic (exact) mass is 305 g/mol. The van der Waals surface area contributed by atoms with Gasteiger partial charge in [-0.1, -0.05) is 17.7 Å². The first kappa shape index (κ1) is 16.3. The minimum absolute atomic E-state index is 0.171. The van der Waals surface area contributed by atoms with E-state index < -0.39 is 12.1 Å². The number of hydrogen-bond donors (Lipinski definition) is 0. The molecule has 0 N–H and O–H groups in total. The number of hydrogen-bond acceptors (Lipinski definition) is 4. The second-order valence-electron chi connectivity index (χ2n) is 5.64. The van der Waals surface area contributed by atoms with Crippen LogP contribution in [0.25, 0.3) is 0 Å². The summed E-state index contributed by atoms with van der Waals surface area (Å²) < 4.78 is 10.5. The van der Waals surface area contributed by atoms with Gasteiger partial charge in [-0.15, -0.1) is 0 Å². The van der Waals surface area contributed by atoms with Crippen molar-refractivity contribution in [1.29, 1.82) is 0 Å². The molecule has 1 aliphatic rings. The molecule has 0 aromatic heterocycles. The molecule has 1 saturated heterocycles. The van der Waals surface area contributed by atoms with E-state index in [0.29, 0.717) is 18.7 Å². The van der Waals surface area contributed by atoms with Gasteiger partial charge in [0.2, 0.25) is 0 Å². The topological polar surface area (TPSA) is 55.8 Å². The molecule has 2 rings (SSSR count). The predicted molar refractivity (Wildman–Crippen MR) is 82.6 cm³/mol. The number of benzene rings is 1. The number of carbonyl (C=O) groups excluding carboxylic acids is 2. The van der Waals surface area contributed by atoms with Gasteiger partial charge >= 0.3 is 5.97 Å². The summed E-state index contributed by atoms with van der Waals surface area (Å²) in [7, 11) is 1.35. The van der Waals surface area contributed by atoms with Crippen molar-refractivity contribution in [3.63, 3.8) is 0 Å². The van der Waals surface area contributed by atoms with Crippen LogP contribution in [-0.4, -0.2) is 42.6 Å². The SMILES string of the molecule is COC(=O)C1CCCCN1C(=O)C(C)Oc1ccc(C)cc1. The van der Waals surface area contributed by atoms with Crippen LogP contribution in [0.15, 0.2) is 24.3 Å². The van der Waals surface area contributed by atoms with E-state index in [1.54, 1.807) is 11.8 Å². The summed E-state index contributed by atoms with van der Waals surface area (Å²) in [5.41, 5.74) is 1.13. The van der Waals surface area contributed by atoms with E-state index >= 15 is 0 Å². The Balaban J connectivity index is 2.04. The Morgan fingerprint density at radius 1 is 1.23 bits per heavy atom. The van der Waals surface area contributed by atoms with Crippen molar-refractivity contribution in [1.82, 2.24) is 4.90 Å². The van der Waals surface area contributed by atoms with Crippen LogP contribution in [-0.2, 0) is 14.3 Å². The summed E-state index contributed by atoms with van der Waals surface area (Å²) in [6, 6.07) is 7.06. The van der Waals surface area contributed by atoms with Crippen LogP contribution in [0, 0.1) is 6.92 Å². The number of nitrogens with zero attached hydrogens (tertiary/aromatic N) is 1. The fraction of sp³-hybridized carbons (Fsp3) is 0.529. The van der Waals surface area contributed by atoms with E-state index in [4.69, 9.17) is 9.47 Å². The average Bonchev–Trinajstić information content (AvgIpc) is 2.55. The van der Waals surface area contributed by atoms with Gasteiger partial charge in [0, 0.05) is 6.54 Å². The van der Waals surface area contributed by atoms with Crippen molar-refractivity contribution < 1.29 is 19.1 Å². The molecule has 1 aromatic rings. The Bertz CT molecular complexity index is 526. The minimum atomic E-state index is -0.632. The standard InChI is InChI=1S/C17H23NO4/c1-12-7-9-14(10-8-12)22-13(2)16(19)18-11-5-4-6-15(18)17(20)21-3/h7-10,13,15H,4-6,11H2,1-3H3. The lowest BCUT2D eigenvalue weighted by Gasteiger charge is -2.35. The van der Waals surface area contributed by atoms with Gasteiger partial charge in [0.25, 0.3) is 5.91 Å². The fourth-order valence-corrected chi connectivity index (χ4v) is 2.68. The van der Waals surface area contributed by atoms with Crippen LogP contribution in [0.1, 0.15) is 31.7 Å². The Hall–Kier alpha value is -2.04. The van der Waals surface area contributed by atoms with E-state index in [-0.39, 0.29) is 11.9 Å². The van der Waals surface area contributed by atoms with Gasteiger partial charge in [-0.3, -0.25) is 4.79 Å². The highest BCUT2D eigenvalue weighted by atomic mass is 16.5. The van der Waals surface area contributed by atoms with E-state index in [9.17, 15) is 9.59 Å². The van der Waals surface area contributed by atoms with E-state index in [0.717, 1.165) is 18.4 Å². The molecule has 1 aliphatic heterocycles. The summed E-state index contributed by atoms with van der Waals surface area (Å²) in [6.45, 7) is 4.28. The highest BCUT2D eigenvalue weighted by Gasteiger charge is 2.35. The van der Waals surface area contributed by atoms with Gasteiger partial charge in [-0.2, -0.15) is 0 Å². The van der Waals surface area contributed by atoms with Gasteiger partial charge in [-0.25, -0.2) is 4.79 Å². The molecule has 2 unspecified atom stereocenters. The number of rotatable bonds is 4. The molecule has 0 spiro atoms. The second kappa shape index (κ2) is 7.29. The smallest absolute Gasteiger partial charge is 0.328 e. The number of piperidine rings is 1. The maximum Gasteiger partial charge on any atom is 0.328 e. The quantitative estimate of drug-likeness (QED) is 0.801. The number of methoxy groups -OCH3 is 1. The molecule has 0 bridgehead atoms. The Labute approximate surface area is 131 Å². The van der Waals surface area contributed by atoms with Crippen molar-refractivity contribution in [3.05, 3.63) is 29.8 Å². The van der Waals surface area contributed by atoms with Gasteiger partial charge < -0.3 is 14.4 Å². The van der Waals surface area contributed by atoms with E-state index in [1.807, 2.05) is 31.2 Å². The molecule has 1 heterocycles. The average molecular weight is 305 g/mol. The summed E-state index contributed by atoms with van der Waals surface area (Å²) in [4.78, 5) is 26.0. The molecule has 0 radical (unpaired) electrons.